The lowest BCUT2D eigenvalue weighted by Gasteiger charge is -2.31. The SMILES string of the molecule is Cn1nc([C@@H]2CCCN(S(=O)(=O)c3c(F)cccc3F)C2)n(-c2ccccc2)c1=O. The van der Waals surface area contributed by atoms with E-state index in [2.05, 4.69) is 5.10 Å². The van der Waals surface area contributed by atoms with Gasteiger partial charge in [0.25, 0.3) is 0 Å². The fourth-order valence-corrected chi connectivity index (χ4v) is 5.43. The van der Waals surface area contributed by atoms with Crippen molar-refractivity contribution in [3.8, 4) is 5.69 Å². The molecule has 0 amide bonds. The van der Waals surface area contributed by atoms with E-state index in [-0.39, 0.29) is 18.8 Å². The van der Waals surface area contributed by atoms with Gasteiger partial charge in [-0.3, -0.25) is 0 Å². The predicted molar refractivity (Wildman–Crippen MR) is 106 cm³/mol. The lowest BCUT2D eigenvalue weighted by atomic mass is 9.98. The molecule has 1 aromatic heterocycles. The highest BCUT2D eigenvalue weighted by Crippen LogP contribution is 2.31. The van der Waals surface area contributed by atoms with Gasteiger partial charge >= 0.3 is 5.69 Å². The second-order valence-electron chi connectivity index (χ2n) is 7.19. The molecule has 0 spiro atoms. The number of piperidine rings is 1. The van der Waals surface area contributed by atoms with Gasteiger partial charge in [-0.25, -0.2) is 31.2 Å². The molecule has 1 atom stereocenters. The van der Waals surface area contributed by atoms with E-state index >= 15 is 0 Å². The third-order valence-electron chi connectivity index (χ3n) is 5.23. The molecule has 0 bridgehead atoms. The Morgan fingerprint density at radius 1 is 1.03 bits per heavy atom. The van der Waals surface area contributed by atoms with E-state index in [1.807, 2.05) is 6.07 Å². The number of benzene rings is 2. The summed E-state index contributed by atoms with van der Waals surface area (Å²) in [7, 11) is -2.86. The number of aryl methyl sites for hydroxylation is 1. The van der Waals surface area contributed by atoms with Crippen LogP contribution in [0.5, 0.6) is 0 Å². The average molecular weight is 434 g/mol. The number of aromatic nitrogens is 3. The number of sulfonamides is 1. The molecule has 0 radical (unpaired) electrons. The zero-order valence-electron chi connectivity index (χ0n) is 16.2. The first kappa shape index (κ1) is 20.4. The molecule has 2 heterocycles. The Bertz CT molecular complexity index is 1220. The first-order valence-corrected chi connectivity index (χ1v) is 10.9. The molecule has 4 rings (SSSR count). The predicted octanol–water partition coefficient (Wildman–Crippen LogP) is 2.42. The van der Waals surface area contributed by atoms with E-state index in [9.17, 15) is 22.0 Å². The van der Waals surface area contributed by atoms with Crippen LogP contribution in [0.2, 0.25) is 0 Å². The second kappa shape index (κ2) is 7.77. The summed E-state index contributed by atoms with van der Waals surface area (Å²) in [6, 6.07) is 11.9. The molecule has 2 aromatic carbocycles. The van der Waals surface area contributed by atoms with Crippen LogP contribution in [0.1, 0.15) is 24.6 Å². The molecule has 1 aliphatic rings. The highest BCUT2D eigenvalue weighted by Gasteiger charge is 2.36. The summed E-state index contributed by atoms with van der Waals surface area (Å²) in [6.07, 6.45) is 1.06. The summed E-state index contributed by atoms with van der Waals surface area (Å²) < 4.78 is 58.0. The van der Waals surface area contributed by atoms with Crippen LogP contribution < -0.4 is 5.69 Å². The smallest absolute Gasteiger partial charge is 0.247 e. The lowest BCUT2D eigenvalue weighted by Crippen LogP contribution is -2.40. The maximum atomic E-state index is 14.2. The summed E-state index contributed by atoms with van der Waals surface area (Å²) >= 11 is 0. The van der Waals surface area contributed by atoms with Crippen molar-refractivity contribution in [3.63, 3.8) is 0 Å². The van der Waals surface area contributed by atoms with E-state index in [1.165, 1.54) is 16.3 Å². The van der Waals surface area contributed by atoms with Gasteiger partial charge in [0, 0.05) is 26.1 Å². The minimum Gasteiger partial charge on any atom is -0.247 e. The molecule has 1 fully saturated rings. The van der Waals surface area contributed by atoms with Gasteiger partial charge < -0.3 is 0 Å². The number of halogens is 2. The summed E-state index contributed by atoms with van der Waals surface area (Å²) in [6.45, 7) is 0.106. The van der Waals surface area contributed by atoms with Gasteiger partial charge in [0.1, 0.15) is 17.5 Å². The average Bonchev–Trinajstić information content (AvgIpc) is 3.03. The minimum absolute atomic E-state index is 0.0284. The van der Waals surface area contributed by atoms with Crippen molar-refractivity contribution in [2.75, 3.05) is 13.1 Å². The molecule has 0 aliphatic carbocycles. The number of para-hydroxylation sites is 1. The molecule has 1 aliphatic heterocycles. The molecule has 3 aromatic rings. The number of rotatable bonds is 4. The monoisotopic (exact) mass is 434 g/mol. The largest absolute Gasteiger partial charge is 0.350 e. The van der Waals surface area contributed by atoms with Crippen LogP contribution >= 0.6 is 0 Å². The van der Waals surface area contributed by atoms with Gasteiger partial charge in [0.15, 0.2) is 4.90 Å². The van der Waals surface area contributed by atoms with Gasteiger partial charge in [-0.15, -0.1) is 0 Å². The number of nitrogens with zero attached hydrogens (tertiary/aromatic N) is 4. The standard InChI is InChI=1S/C20H20F2N4O3S/c1-24-20(27)26(15-8-3-2-4-9-15)19(23-24)14-7-6-12-25(13-14)30(28,29)18-16(21)10-5-11-17(18)22/h2-5,8-11,14H,6-7,12-13H2,1H3/t14-/m1/s1. The van der Waals surface area contributed by atoms with Crippen LogP contribution in [0.4, 0.5) is 8.78 Å². The molecule has 0 unspecified atom stereocenters. The Morgan fingerprint density at radius 2 is 1.70 bits per heavy atom. The van der Waals surface area contributed by atoms with Crippen molar-refractivity contribution in [2.24, 2.45) is 7.05 Å². The van der Waals surface area contributed by atoms with E-state index in [1.54, 1.807) is 24.3 Å². The third-order valence-corrected chi connectivity index (χ3v) is 7.15. The van der Waals surface area contributed by atoms with Gasteiger partial charge in [-0.05, 0) is 37.1 Å². The van der Waals surface area contributed by atoms with Crippen LogP contribution in [0.15, 0.2) is 58.2 Å². The van der Waals surface area contributed by atoms with Crippen LogP contribution in [0.3, 0.4) is 0 Å². The maximum Gasteiger partial charge on any atom is 0.350 e. The highest BCUT2D eigenvalue weighted by molar-refractivity contribution is 7.89. The zero-order chi connectivity index (χ0) is 21.5. The van der Waals surface area contributed by atoms with Crippen molar-refractivity contribution in [1.29, 1.82) is 0 Å². The molecule has 10 heteroatoms. The van der Waals surface area contributed by atoms with Gasteiger partial charge in [-0.1, -0.05) is 24.3 Å². The molecular weight excluding hydrogens is 414 g/mol. The van der Waals surface area contributed by atoms with E-state index in [4.69, 9.17) is 0 Å². The van der Waals surface area contributed by atoms with Gasteiger partial charge in [-0.2, -0.15) is 9.40 Å². The van der Waals surface area contributed by atoms with Gasteiger partial charge in [0.2, 0.25) is 10.0 Å². The minimum atomic E-state index is -4.38. The first-order valence-electron chi connectivity index (χ1n) is 9.46. The normalized spacial score (nSPS) is 17.9. The Labute approximate surface area is 172 Å². The fraction of sp³-hybridized carbons (Fsp3) is 0.300. The van der Waals surface area contributed by atoms with Crippen molar-refractivity contribution in [3.05, 3.63) is 76.5 Å². The second-order valence-corrected chi connectivity index (χ2v) is 9.06. The first-order chi connectivity index (χ1) is 14.3. The van der Waals surface area contributed by atoms with E-state index < -0.39 is 32.5 Å². The molecule has 158 valence electrons. The summed E-state index contributed by atoms with van der Waals surface area (Å²) in [5.41, 5.74) is 0.266. The summed E-state index contributed by atoms with van der Waals surface area (Å²) in [4.78, 5) is 11.7. The fourth-order valence-electron chi connectivity index (χ4n) is 3.80. The van der Waals surface area contributed by atoms with Crippen LogP contribution in [0, 0.1) is 11.6 Å². The maximum absolute atomic E-state index is 14.2. The van der Waals surface area contributed by atoms with Crippen molar-refractivity contribution in [1.82, 2.24) is 18.7 Å². The Hall–Kier alpha value is -2.85. The molecule has 30 heavy (non-hydrogen) atoms. The molecule has 1 saturated heterocycles. The van der Waals surface area contributed by atoms with Crippen molar-refractivity contribution < 1.29 is 17.2 Å². The zero-order valence-corrected chi connectivity index (χ0v) is 17.0. The van der Waals surface area contributed by atoms with E-state index in [0.717, 1.165) is 22.5 Å². The van der Waals surface area contributed by atoms with Crippen LogP contribution in [0.25, 0.3) is 5.69 Å². The highest BCUT2D eigenvalue weighted by atomic mass is 32.2. The van der Waals surface area contributed by atoms with Crippen molar-refractivity contribution in [2.45, 2.75) is 23.7 Å². The van der Waals surface area contributed by atoms with Crippen LogP contribution in [-0.2, 0) is 17.1 Å². The molecular formula is C20H20F2N4O3S. The Kier molecular flexibility index (Phi) is 5.29. The lowest BCUT2D eigenvalue weighted by molar-refractivity contribution is 0.304. The Balaban J connectivity index is 1.73. The van der Waals surface area contributed by atoms with E-state index in [0.29, 0.717) is 24.4 Å². The summed E-state index contributed by atoms with van der Waals surface area (Å²) in [5, 5.41) is 4.33. The molecule has 0 saturated carbocycles. The van der Waals surface area contributed by atoms with Gasteiger partial charge in [0.05, 0.1) is 5.69 Å². The van der Waals surface area contributed by atoms with Crippen molar-refractivity contribution >= 4 is 10.0 Å². The topological polar surface area (TPSA) is 77.2 Å². The quantitative estimate of drug-likeness (QED) is 0.632. The Morgan fingerprint density at radius 3 is 2.37 bits per heavy atom. The third kappa shape index (κ3) is 3.46. The number of hydrogen-bond acceptors (Lipinski definition) is 4. The number of hydrogen-bond donors (Lipinski definition) is 0. The molecule has 7 nitrogen and oxygen atoms in total. The summed E-state index contributed by atoms with van der Waals surface area (Å²) in [5.74, 6) is -2.24. The molecule has 0 N–H and O–H groups in total. The van der Waals surface area contributed by atoms with Crippen LogP contribution in [-0.4, -0.2) is 40.2 Å².